The lowest BCUT2D eigenvalue weighted by Crippen LogP contribution is -2.51. The predicted molar refractivity (Wildman–Crippen MR) is 99.6 cm³/mol. The molecule has 0 bridgehead atoms. The number of H-pyrrole nitrogens is 1. The molecule has 1 amide bonds. The van der Waals surface area contributed by atoms with Gasteiger partial charge in [0.05, 0.1) is 6.20 Å². The summed E-state index contributed by atoms with van der Waals surface area (Å²) in [6, 6.07) is 2.06. The van der Waals surface area contributed by atoms with Crippen LogP contribution in [-0.2, 0) is 4.79 Å². The molecule has 2 saturated carbocycles. The number of alkyl halides is 1. The second-order valence-electron chi connectivity index (χ2n) is 8.26. The second-order valence-corrected chi connectivity index (χ2v) is 8.26. The number of fused-ring (bicyclic) bond motifs is 3. The SMILES string of the molecule is CC1(F)CC(C(=O)NC2CC(C3=CB(O)Oc4cnc5[nH]ccc5c43)C2)C1. The molecular formula is C19H21BFN3O3. The second kappa shape index (κ2) is 5.82. The number of pyridine rings is 1. The van der Waals surface area contributed by atoms with E-state index in [1.165, 1.54) is 0 Å². The Morgan fingerprint density at radius 3 is 3.00 bits per heavy atom. The molecule has 140 valence electrons. The van der Waals surface area contributed by atoms with Gasteiger partial charge in [0.2, 0.25) is 5.91 Å². The van der Waals surface area contributed by atoms with Crippen LogP contribution in [0, 0.1) is 11.8 Å². The summed E-state index contributed by atoms with van der Waals surface area (Å²) in [6.07, 6.45) is 5.70. The van der Waals surface area contributed by atoms with Crippen molar-refractivity contribution in [1.82, 2.24) is 15.3 Å². The highest BCUT2D eigenvalue weighted by Crippen LogP contribution is 2.46. The monoisotopic (exact) mass is 369 g/mol. The van der Waals surface area contributed by atoms with Crippen molar-refractivity contribution in [2.24, 2.45) is 11.8 Å². The number of aromatic amines is 1. The van der Waals surface area contributed by atoms with Crippen LogP contribution in [0.1, 0.15) is 38.2 Å². The number of halogens is 1. The zero-order chi connectivity index (χ0) is 18.8. The van der Waals surface area contributed by atoms with Crippen LogP contribution in [0.15, 0.2) is 24.4 Å². The number of aromatic nitrogens is 2. The third kappa shape index (κ3) is 2.83. The maximum atomic E-state index is 13.6. The molecule has 5 rings (SSSR count). The van der Waals surface area contributed by atoms with Crippen LogP contribution in [0.4, 0.5) is 4.39 Å². The van der Waals surface area contributed by atoms with Crippen LogP contribution in [0.3, 0.4) is 0 Å². The summed E-state index contributed by atoms with van der Waals surface area (Å²) in [7, 11) is -0.989. The number of allylic oxidation sites excluding steroid dienone is 1. The first-order chi connectivity index (χ1) is 12.9. The highest BCUT2D eigenvalue weighted by molar-refractivity contribution is 6.52. The minimum Gasteiger partial charge on any atom is -0.531 e. The number of nitrogens with zero attached hydrogens (tertiary/aromatic N) is 1. The van der Waals surface area contributed by atoms with Crippen molar-refractivity contribution < 1.29 is 18.9 Å². The van der Waals surface area contributed by atoms with Gasteiger partial charge in [-0.2, -0.15) is 0 Å². The van der Waals surface area contributed by atoms with Crippen LogP contribution in [0.5, 0.6) is 5.75 Å². The Hall–Kier alpha value is -2.35. The average molecular weight is 369 g/mol. The van der Waals surface area contributed by atoms with E-state index in [1.807, 2.05) is 12.3 Å². The third-order valence-corrected chi connectivity index (χ3v) is 6.05. The molecule has 3 aliphatic rings. The Labute approximate surface area is 156 Å². The van der Waals surface area contributed by atoms with Crippen LogP contribution >= 0.6 is 0 Å². The maximum absolute atomic E-state index is 13.6. The standard InChI is InChI=1S/C19H21BFN3O3/c1-19(21)6-11(7-19)18(25)24-12-4-10(5-12)14-8-20(26)27-15-9-23-17-13(16(14)15)2-3-22-17/h2-3,8-12,26H,4-7H2,1H3,(H,22,23)(H,24,25). The zero-order valence-electron chi connectivity index (χ0n) is 15.0. The van der Waals surface area contributed by atoms with Crippen LogP contribution in [0.2, 0.25) is 0 Å². The number of rotatable bonds is 3. The molecule has 8 heteroatoms. The summed E-state index contributed by atoms with van der Waals surface area (Å²) >= 11 is 0. The Kier molecular flexibility index (Phi) is 3.62. The summed E-state index contributed by atoms with van der Waals surface area (Å²) in [5.74, 6) is 2.33. The molecule has 0 radical (unpaired) electrons. The molecule has 0 spiro atoms. The first kappa shape index (κ1) is 16.8. The van der Waals surface area contributed by atoms with Gasteiger partial charge in [-0.3, -0.25) is 4.79 Å². The van der Waals surface area contributed by atoms with Crippen molar-refractivity contribution in [3.05, 3.63) is 30.0 Å². The van der Waals surface area contributed by atoms with Crippen molar-refractivity contribution >= 4 is 29.6 Å². The van der Waals surface area contributed by atoms with Gasteiger partial charge in [-0.25, -0.2) is 9.37 Å². The molecule has 27 heavy (non-hydrogen) atoms. The van der Waals surface area contributed by atoms with E-state index in [-0.39, 0.29) is 23.8 Å². The Balaban J connectivity index is 1.30. The lowest BCUT2D eigenvalue weighted by Gasteiger charge is -2.42. The quantitative estimate of drug-likeness (QED) is 0.725. The first-order valence-corrected chi connectivity index (χ1v) is 9.42. The summed E-state index contributed by atoms with van der Waals surface area (Å²) in [5, 5.41) is 14.1. The van der Waals surface area contributed by atoms with E-state index in [1.54, 1.807) is 19.1 Å². The number of hydrogen-bond acceptors (Lipinski definition) is 4. The van der Waals surface area contributed by atoms with E-state index in [0.29, 0.717) is 18.6 Å². The molecule has 6 nitrogen and oxygen atoms in total. The Bertz CT molecular complexity index is 943. The maximum Gasteiger partial charge on any atom is 0.552 e. The van der Waals surface area contributed by atoms with Gasteiger partial charge in [0.1, 0.15) is 17.1 Å². The molecule has 2 aromatic heterocycles. The molecule has 0 aromatic carbocycles. The van der Waals surface area contributed by atoms with E-state index in [0.717, 1.165) is 35.0 Å². The van der Waals surface area contributed by atoms with Gasteiger partial charge in [-0.05, 0) is 56.1 Å². The normalized spacial score (nSPS) is 32.0. The van der Waals surface area contributed by atoms with E-state index < -0.39 is 12.8 Å². The van der Waals surface area contributed by atoms with E-state index >= 15 is 0 Å². The summed E-state index contributed by atoms with van der Waals surface area (Å²) in [4.78, 5) is 19.6. The van der Waals surface area contributed by atoms with Crippen molar-refractivity contribution in [1.29, 1.82) is 0 Å². The number of amides is 1. The van der Waals surface area contributed by atoms with Gasteiger partial charge in [0.15, 0.2) is 0 Å². The smallest absolute Gasteiger partial charge is 0.531 e. The molecule has 1 aliphatic heterocycles. The highest BCUT2D eigenvalue weighted by Gasteiger charge is 2.46. The Morgan fingerprint density at radius 1 is 1.48 bits per heavy atom. The van der Waals surface area contributed by atoms with Gasteiger partial charge < -0.3 is 20.0 Å². The minimum atomic E-state index is -1.19. The fourth-order valence-electron chi connectivity index (χ4n) is 4.58. The Morgan fingerprint density at radius 2 is 2.26 bits per heavy atom. The van der Waals surface area contributed by atoms with Crippen LogP contribution in [0.25, 0.3) is 16.6 Å². The zero-order valence-corrected chi connectivity index (χ0v) is 15.0. The van der Waals surface area contributed by atoms with E-state index in [2.05, 4.69) is 15.3 Å². The van der Waals surface area contributed by atoms with Gasteiger partial charge >= 0.3 is 7.12 Å². The average Bonchev–Trinajstić information content (AvgIpc) is 3.03. The fraction of sp³-hybridized carbons (Fsp3) is 0.474. The molecule has 0 saturated heterocycles. The minimum absolute atomic E-state index is 0.0350. The van der Waals surface area contributed by atoms with Gasteiger partial charge in [-0.15, -0.1) is 0 Å². The molecule has 2 fully saturated rings. The van der Waals surface area contributed by atoms with Crippen LogP contribution in [-0.4, -0.2) is 39.7 Å². The third-order valence-electron chi connectivity index (χ3n) is 6.05. The fourth-order valence-corrected chi connectivity index (χ4v) is 4.58. The van der Waals surface area contributed by atoms with Gasteiger partial charge in [-0.1, -0.05) is 0 Å². The van der Waals surface area contributed by atoms with Crippen molar-refractivity contribution in [2.75, 3.05) is 0 Å². The lowest BCUT2D eigenvalue weighted by molar-refractivity contribution is -0.134. The number of hydrogen-bond donors (Lipinski definition) is 3. The van der Waals surface area contributed by atoms with Crippen molar-refractivity contribution in [3.8, 4) is 5.75 Å². The van der Waals surface area contributed by atoms with E-state index in [9.17, 15) is 14.2 Å². The van der Waals surface area contributed by atoms with E-state index in [4.69, 9.17) is 4.65 Å². The molecule has 0 unspecified atom stereocenters. The number of carbonyl (C=O) groups is 1. The number of nitrogens with one attached hydrogen (secondary N) is 2. The predicted octanol–water partition coefficient (Wildman–Crippen LogP) is 2.39. The largest absolute Gasteiger partial charge is 0.552 e. The molecule has 0 atom stereocenters. The van der Waals surface area contributed by atoms with Gasteiger partial charge in [0, 0.05) is 29.1 Å². The summed E-state index contributed by atoms with van der Waals surface area (Å²) < 4.78 is 19.1. The molecule has 3 N–H and O–H groups in total. The van der Waals surface area contributed by atoms with Crippen LogP contribution < -0.4 is 9.97 Å². The first-order valence-electron chi connectivity index (χ1n) is 9.42. The number of carbonyl (C=O) groups excluding carboxylic acids is 1. The van der Waals surface area contributed by atoms with Gasteiger partial charge in [0.25, 0.3) is 0 Å². The topological polar surface area (TPSA) is 87.2 Å². The molecule has 3 heterocycles. The molecule has 2 aromatic rings. The summed E-state index contributed by atoms with van der Waals surface area (Å²) in [6.45, 7) is 1.55. The molecule has 2 aliphatic carbocycles. The lowest BCUT2D eigenvalue weighted by atomic mass is 9.67. The molecular weight excluding hydrogens is 348 g/mol. The summed E-state index contributed by atoms with van der Waals surface area (Å²) in [5.41, 5.74) is 1.60. The van der Waals surface area contributed by atoms with Crippen molar-refractivity contribution in [2.45, 2.75) is 44.3 Å². The highest BCUT2D eigenvalue weighted by atomic mass is 19.1. The van der Waals surface area contributed by atoms with Crippen molar-refractivity contribution in [3.63, 3.8) is 0 Å².